The molecule has 0 aliphatic rings. The Morgan fingerprint density at radius 1 is 1.36 bits per heavy atom. The lowest BCUT2D eigenvalue weighted by Crippen LogP contribution is -1.93. The summed E-state index contributed by atoms with van der Waals surface area (Å²) in [5, 5.41) is 0. The molecular weight excluding hydrogens is 139 g/mol. The minimum atomic E-state index is -0.928. The molecule has 0 rings (SSSR count). The molecule has 0 amide bonds. The number of hydrogen-bond acceptors (Lipinski definition) is 0. The molecule has 0 aromatic rings. The maximum absolute atomic E-state index is 12.6. The van der Waals surface area contributed by atoms with Gasteiger partial charge in [0.1, 0.15) is 6.17 Å². The molecule has 0 nitrogen and oxygen atoms in total. The molecule has 62 valence electrons. The van der Waals surface area contributed by atoms with Crippen LogP contribution in [0.2, 0.25) is 0 Å². The van der Waals surface area contributed by atoms with Crippen LogP contribution in [0, 0.1) is 0 Å². The smallest absolute Gasteiger partial charge is 0.122 e. The molecule has 0 saturated heterocycles. The van der Waals surface area contributed by atoms with Crippen molar-refractivity contribution in [3.05, 3.63) is 36.0 Å². The summed E-state index contributed by atoms with van der Waals surface area (Å²) in [6, 6.07) is 0. The van der Waals surface area contributed by atoms with Crippen molar-refractivity contribution < 1.29 is 4.39 Å². The second-order valence-corrected chi connectivity index (χ2v) is 2.73. The Bertz CT molecular complexity index is 181. The molecule has 0 saturated carbocycles. The third-order valence-electron chi connectivity index (χ3n) is 1.30. The second kappa shape index (κ2) is 4.89. The third kappa shape index (κ3) is 4.54. The van der Waals surface area contributed by atoms with Gasteiger partial charge in [-0.05, 0) is 26.3 Å². The molecular formula is C10H15F. The molecule has 0 bridgehead atoms. The van der Waals surface area contributed by atoms with Gasteiger partial charge in [-0.1, -0.05) is 30.4 Å². The van der Waals surface area contributed by atoms with Crippen molar-refractivity contribution in [2.24, 2.45) is 0 Å². The van der Waals surface area contributed by atoms with E-state index in [1.807, 2.05) is 19.9 Å². The van der Waals surface area contributed by atoms with Gasteiger partial charge in [-0.25, -0.2) is 4.39 Å². The Morgan fingerprint density at radius 2 is 1.91 bits per heavy atom. The quantitative estimate of drug-likeness (QED) is 0.546. The van der Waals surface area contributed by atoms with Gasteiger partial charge >= 0.3 is 0 Å². The molecule has 0 aromatic heterocycles. The first-order valence-corrected chi connectivity index (χ1v) is 3.69. The zero-order valence-corrected chi connectivity index (χ0v) is 7.39. The van der Waals surface area contributed by atoms with Crippen molar-refractivity contribution in [2.45, 2.75) is 26.9 Å². The summed E-state index contributed by atoms with van der Waals surface area (Å²) in [4.78, 5) is 0. The van der Waals surface area contributed by atoms with Crippen molar-refractivity contribution in [1.29, 1.82) is 0 Å². The highest BCUT2D eigenvalue weighted by atomic mass is 19.1. The van der Waals surface area contributed by atoms with E-state index in [0.29, 0.717) is 5.57 Å². The van der Waals surface area contributed by atoms with Crippen molar-refractivity contribution in [1.82, 2.24) is 0 Å². The fraction of sp³-hybridized carbons (Fsp3) is 0.400. The van der Waals surface area contributed by atoms with Crippen LogP contribution in [0.1, 0.15) is 20.8 Å². The summed E-state index contributed by atoms with van der Waals surface area (Å²) in [6.07, 6.45) is 4.26. The molecule has 0 N–H and O–H groups in total. The molecule has 0 fully saturated rings. The molecule has 0 aliphatic heterocycles. The standard InChI is InChI=1S/C10H15F/c1-5-10(9(4)11)7-6-8(2)3/h5-7,9H,1H2,2-4H3/b10-7+. The summed E-state index contributed by atoms with van der Waals surface area (Å²) in [7, 11) is 0. The van der Waals surface area contributed by atoms with Crippen LogP contribution in [0.3, 0.4) is 0 Å². The summed E-state index contributed by atoms with van der Waals surface area (Å²) in [5.74, 6) is 0. The molecule has 0 heterocycles. The first-order valence-electron chi connectivity index (χ1n) is 3.69. The first kappa shape index (κ1) is 10.2. The van der Waals surface area contributed by atoms with Gasteiger partial charge < -0.3 is 0 Å². The zero-order chi connectivity index (χ0) is 8.85. The average molecular weight is 154 g/mol. The van der Waals surface area contributed by atoms with Gasteiger partial charge in [0.25, 0.3) is 0 Å². The molecule has 0 aliphatic carbocycles. The van der Waals surface area contributed by atoms with Gasteiger partial charge in [0.2, 0.25) is 0 Å². The Balaban J connectivity index is 4.36. The lowest BCUT2D eigenvalue weighted by atomic mass is 10.1. The third-order valence-corrected chi connectivity index (χ3v) is 1.30. The molecule has 1 atom stereocenters. The molecule has 11 heavy (non-hydrogen) atoms. The maximum atomic E-state index is 12.6. The minimum Gasteiger partial charge on any atom is -0.243 e. The SMILES string of the molecule is C=C/C(=C\C=C(C)C)C(C)F. The summed E-state index contributed by atoms with van der Waals surface area (Å²) in [6.45, 7) is 8.97. The molecule has 1 heteroatoms. The van der Waals surface area contributed by atoms with Gasteiger partial charge in [0.15, 0.2) is 0 Å². The second-order valence-electron chi connectivity index (χ2n) is 2.73. The minimum absolute atomic E-state index is 0.631. The predicted molar refractivity (Wildman–Crippen MR) is 48.3 cm³/mol. The van der Waals surface area contributed by atoms with Crippen LogP contribution >= 0.6 is 0 Å². The lowest BCUT2D eigenvalue weighted by Gasteiger charge is -1.99. The number of rotatable bonds is 3. The first-order chi connectivity index (χ1) is 5.07. The number of hydrogen-bond donors (Lipinski definition) is 0. The van der Waals surface area contributed by atoms with E-state index in [1.165, 1.54) is 6.92 Å². The van der Waals surface area contributed by atoms with Crippen molar-refractivity contribution in [3.63, 3.8) is 0 Å². The number of halogens is 1. The van der Waals surface area contributed by atoms with E-state index >= 15 is 0 Å². The van der Waals surface area contributed by atoms with Crippen LogP contribution in [0.5, 0.6) is 0 Å². The van der Waals surface area contributed by atoms with Crippen LogP contribution < -0.4 is 0 Å². The summed E-state index contributed by atoms with van der Waals surface area (Å²) >= 11 is 0. The van der Waals surface area contributed by atoms with Crippen molar-refractivity contribution in [3.8, 4) is 0 Å². The fourth-order valence-corrected chi connectivity index (χ4v) is 0.626. The van der Waals surface area contributed by atoms with Crippen LogP contribution in [0.4, 0.5) is 4.39 Å². The van der Waals surface area contributed by atoms with Crippen molar-refractivity contribution >= 4 is 0 Å². The van der Waals surface area contributed by atoms with Crippen LogP contribution in [-0.2, 0) is 0 Å². The van der Waals surface area contributed by atoms with Crippen LogP contribution in [-0.4, -0.2) is 6.17 Å². The van der Waals surface area contributed by atoms with Crippen molar-refractivity contribution in [2.75, 3.05) is 0 Å². The highest BCUT2D eigenvalue weighted by Gasteiger charge is 1.99. The van der Waals surface area contributed by atoms with Crippen LogP contribution in [0.15, 0.2) is 36.0 Å². The Kier molecular flexibility index (Phi) is 4.51. The Morgan fingerprint density at radius 3 is 2.18 bits per heavy atom. The van der Waals surface area contributed by atoms with Gasteiger partial charge in [0.05, 0.1) is 0 Å². The number of allylic oxidation sites excluding steroid dienone is 5. The molecule has 1 unspecified atom stereocenters. The highest BCUT2D eigenvalue weighted by molar-refractivity contribution is 5.26. The molecule has 0 radical (unpaired) electrons. The van der Waals surface area contributed by atoms with E-state index in [1.54, 1.807) is 12.2 Å². The maximum Gasteiger partial charge on any atom is 0.122 e. The van der Waals surface area contributed by atoms with E-state index in [0.717, 1.165) is 5.57 Å². The molecule has 0 aromatic carbocycles. The Hall–Kier alpha value is -0.850. The topological polar surface area (TPSA) is 0 Å². The van der Waals surface area contributed by atoms with Gasteiger partial charge in [0, 0.05) is 0 Å². The summed E-state index contributed by atoms with van der Waals surface area (Å²) < 4.78 is 12.6. The number of alkyl halides is 1. The van der Waals surface area contributed by atoms with Gasteiger partial charge in [-0.3, -0.25) is 0 Å². The fourth-order valence-electron chi connectivity index (χ4n) is 0.626. The average Bonchev–Trinajstić information content (AvgIpc) is 1.87. The zero-order valence-electron chi connectivity index (χ0n) is 7.39. The van der Waals surface area contributed by atoms with E-state index in [-0.39, 0.29) is 0 Å². The molecule has 0 spiro atoms. The monoisotopic (exact) mass is 154 g/mol. The van der Waals surface area contributed by atoms with Crippen LogP contribution in [0.25, 0.3) is 0 Å². The van der Waals surface area contributed by atoms with E-state index in [4.69, 9.17) is 0 Å². The van der Waals surface area contributed by atoms with E-state index in [2.05, 4.69) is 6.58 Å². The highest BCUT2D eigenvalue weighted by Crippen LogP contribution is 2.07. The van der Waals surface area contributed by atoms with Gasteiger partial charge in [-0.15, -0.1) is 0 Å². The summed E-state index contributed by atoms with van der Waals surface area (Å²) in [5.41, 5.74) is 1.79. The van der Waals surface area contributed by atoms with E-state index < -0.39 is 6.17 Å². The van der Waals surface area contributed by atoms with E-state index in [9.17, 15) is 4.39 Å². The predicted octanol–water partition coefficient (Wildman–Crippen LogP) is 3.42. The normalized spacial score (nSPS) is 14.0. The lowest BCUT2D eigenvalue weighted by molar-refractivity contribution is 0.417. The van der Waals surface area contributed by atoms with Gasteiger partial charge in [-0.2, -0.15) is 0 Å². The Labute approximate surface area is 68.1 Å². The largest absolute Gasteiger partial charge is 0.243 e.